The first kappa shape index (κ1) is 16.2. The standard InChI is InChI=1S/C19H31NOP/c1-20-15-16(21-2)13-14-19(20)22(17-9-5-3-6-10-17)18-11-7-4-8-12-18/h13-15,17-18H,3-12H2,1-2H3/q+1. The summed E-state index contributed by atoms with van der Waals surface area (Å²) in [7, 11) is 3.96. The highest BCUT2D eigenvalue weighted by atomic mass is 31.1. The Balaban J connectivity index is 1.89. The highest BCUT2D eigenvalue weighted by molar-refractivity contribution is 7.66. The lowest BCUT2D eigenvalue weighted by Gasteiger charge is -2.36. The van der Waals surface area contributed by atoms with Crippen molar-refractivity contribution >= 4 is 13.4 Å². The Morgan fingerprint density at radius 3 is 1.91 bits per heavy atom. The average Bonchev–Trinajstić information content (AvgIpc) is 2.58. The summed E-state index contributed by atoms with van der Waals surface area (Å²) >= 11 is 0. The molecule has 0 bridgehead atoms. The number of methoxy groups -OCH3 is 1. The van der Waals surface area contributed by atoms with Crippen LogP contribution >= 0.6 is 7.92 Å². The van der Waals surface area contributed by atoms with E-state index in [1.165, 1.54) is 64.2 Å². The first-order valence-electron chi connectivity index (χ1n) is 9.11. The molecule has 2 aliphatic carbocycles. The van der Waals surface area contributed by atoms with Crippen LogP contribution in [0.3, 0.4) is 0 Å². The maximum Gasteiger partial charge on any atom is 0.211 e. The number of ether oxygens (including phenoxy) is 1. The van der Waals surface area contributed by atoms with Crippen LogP contribution in [-0.2, 0) is 7.05 Å². The van der Waals surface area contributed by atoms with Crippen LogP contribution in [-0.4, -0.2) is 18.4 Å². The maximum absolute atomic E-state index is 5.41. The van der Waals surface area contributed by atoms with Gasteiger partial charge in [-0.15, -0.1) is 0 Å². The Morgan fingerprint density at radius 1 is 0.909 bits per heavy atom. The van der Waals surface area contributed by atoms with E-state index < -0.39 is 0 Å². The van der Waals surface area contributed by atoms with Crippen LogP contribution in [0.25, 0.3) is 0 Å². The molecule has 0 aliphatic heterocycles. The number of aromatic nitrogens is 1. The molecule has 0 radical (unpaired) electrons. The molecule has 0 spiro atoms. The van der Waals surface area contributed by atoms with Crippen LogP contribution in [0, 0.1) is 0 Å². The maximum atomic E-state index is 5.41. The predicted octanol–water partition coefficient (Wildman–Crippen LogP) is 4.29. The minimum absolute atomic E-state index is 0.0229. The van der Waals surface area contributed by atoms with Gasteiger partial charge in [0.2, 0.25) is 11.6 Å². The quantitative estimate of drug-likeness (QED) is 0.596. The van der Waals surface area contributed by atoms with Crippen LogP contribution in [0.4, 0.5) is 0 Å². The second-order valence-electron chi connectivity index (χ2n) is 7.03. The van der Waals surface area contributed by atoms with Gasteiger partial charge in [-0.3, -0.25) is 0 Å². The second kappa shape index (κ2) is 7.77. The number of rotatable bonds is 4. The highest BCUT2D eigenvalue weighted by Crippen LogP contribution is 2.54. The van der Waals surface area contributed by atoms with Gasteiger partial charge in [0.1, 0.15) is 7.05 Å². The summed E-state index contributed by atoms with van der Waals surface area (Å²) in [4.78, 5) is 0. The fourth-order valence-electron chi connectivity index (χ4n) is 4.35. The third-order valence-corrected chi connectivity index (χ3v) is 9.12. The van der Waals surface area contributed by atoms with Crippen molar-refractivity contribution in [1.29, 1.82) is 0 Å². The zero-order chi connectivity index (χ0) is 15.4. The normalized spacial score (nSPS) is 21.2. The van der Waals surface area contributed by atoms with Gasteiger partial charge in [0.15, 0.2) is 5.75 Å². The fraction of sp³-hybridized carbons (Fsp3) is 0.737. The molecule has 0 unspecified atom stereocenters. The van der Waals surface area contributed by atoms with Crippen molar-refractivity contribution in [2.75, 3.05) is 7.11 Å². The zero-order valence-corrected chi connectivity index (χ0v) is 15.2. The summed E-state index contributed by atoms with van der Waals surface area (Å²) in [5, 5.41) is 0. The van der Waals surface area contributed by atoms with Crippen LogP contribution in [0.2, 0.25) is 0 Å². The largest absolute Gasteiger partial charge is 0.491 e. The molecule has 22 heavy (non-hydrogen) atoms. The van der Waals surface area contributed by atoms with Crippen molar-refractivity contribution < 1.29 is 9.30 Å². The molecule has 2 aliphatic rings. The monoisotopic (exact) mass is 320 g/mol. The van der Waals surface area contributed by atoms with Crippen molar-refractivity contribution in [3.8, 4) is 5.75 Å². The van der Waals surface area contributed by atoms with Crippen molar-refractivity contribution in [3.05, 3.63) is 18.3 Å². The van der Waals surface area contributed by atoms with Crippen LogP contribution in [0.1, 0.15) is 64.2 Å². The molecule has 1 heterocycles. The summed E-state index contributed by atoms with van der Waals surface area (Å²) in [5.74, 6) is 0.980. The average molecular weight is 320 g/mol. The third kappa shape index (κ3) is 3.65. The summed E-state index contributed by atoms with van der Waals surface area (Å²) in [5.41, 5.74) is 3.53. The molecule has 1 aromatic heterocycles. The SMILES string of the molecule is COc1ccc(P(C2CCCCC2)C2CCCCC2)[n+](C)c1. The van der Waals surface area contributed by atoms with E-state index in [1.807, 2.05) is 0 Å². The second-order valence-corrected chi connectivity index (χ2v) is 9.76. The highest BCUT2D eigenvalue weighted by Gasteiger charge is 2.36. The summed E-state index contributed by atoms with van der Waals surface area (Å²) < 4.78 is 7.78. The zero-order valence-electron chi connectivity index (χ0n) is 14.3. The fourth-order valence-corrected chi connectivity index (χ4v) is 8.21. The summed E-state index contributed by atoms with van der Waals surface area (Å²) in [6, 6.07) is 4.55. The molecule has 0 aromatic carbocycles. The summed E-state index contributed by atoms with van der Waals surface area (Å²) in [6.45, 7) is 0. The number of pyridine rings is 1. The number of aryl methyl sites for hydroxylation is 1. The Bertz CT molecular complexity index is 460. The first-order valence-corrected chi connectivity index (χ1v) is 10.6. The molecule has 122 valence electrons. The van der Waals surface area contributed by atoms with E-state index in [4.69, 9.17) is 4.74 Å². The summed E-state index contributed by atoms with van der Waals surface area (Å²) in [6.07, 6.45) is 16.8. The van der Waals surface area contributed by atoms with Gasteiger partial charge in [-0.2, -0.15) is 4.57 Å². The third-order valence-electron chi connectivity index (χ3n) is 5.52. The van der Waals surface area contributed by atoms with Crippen LogP contribution in [0.5, 0.6) is 5.75 Å². The lowest BCUT2D eigenvalue weighted by Crippen LogP contribution is -2.47. The van der Waals surface area contributed by atoms with Crippen molar-refractivity contribution in [3.63, 3.8) is 0 Å². The van der Waals surface area contributed by atoms with Gasteiger partial charge in [0.25, 0.3) is 0 Å². The van der Waals surface area contributed by atoms with Gasteiger partial charge in [-0.1, -0.05) is 38.5 Å². The predicted molar refractivity (Wildman–Crippen MR) is 94.5 cm³/mol. The molecule has 0 amide bonds. The number of hydrogen-bond acceptors (Lipinski definition) is 1. The van der Waals surface area contributed by atoms with Gasteiger partial charge in [-0.05, 0) is 43.1 Å². The topological polar surface area (TPSA) is 13.1 Å². The first-order chi connectivity index (χ1) is 10.8. The minimum atomic E-state index is -0.0229. The van der Waals surface area contributed by atoms with Crippen molar-refractivity contribution in [1.82, 2.24) is 0 Å². The molecule has 3 heteroatoms. The lowest BCUT2D eigenvalue weighted by atomic mass is 9.99. The molecule has 2 saturated carbocycles. The molecule has 0 saturated heterocycles. The molecule has 0 atom stereocenters. The molecular formula is C19H31NOP+. The smallest absolute Gasteiger partial charge is 0.211 e. The van der Waals surface area contributed by atoms with E-state index in [0.717, 1.165) is 17.1 Å². The van der Waals surface area contributed by atoms with E-state index in [1.54, 1.807) is 12.5 Å². The van der Waals surface area contributed by atoms with Crippen LogP contribution in [0.15, 0.2) is 18.3 Å². The van der Waals surface area contributed by atoms with E-state index in [9.17, 15) is 0 Å². The number of nitrogens with zero attached hydrogens (tertiary/aromatic N) is 1. The number of hydrogen-bond donors (Lipinski definition) is 0. The van der Waals surface area contributed by atoms with Crippen LogP contribution < -0.4 is 14.7 Å². The lowest BCUT2D eigenvalue weighted by molar-refractivity contribution is -0.653. The molecule has 2 nitrogen and oxygen atoms in total. The van der Waals surface area contributed by atoms with Gasteiger partial charge < -0.3 is 4.74 Å². The van der Waals surface area contributed by atoms with Gasteiger partial charge >= 0.3 is 0 Å². The van der Waals surface area contributed by atoms with E-state index in [0.29, 0.717) is 0 Å². The molecule has 2 fully saturated rings. The van der Waals surface area contributed by atoms with E-state index in [-0.39, 0.29) is 7.92 Å². The molecule has 3 rings (SSSR count). The van der Waals surface area contributed by atoms with E-state index >= 15 is 0 Å². The minimum Gasteiger partial charge on any atom is -0.491 e. The Morgan fingerprint density at radius 2 is 1.45 bits per heavy atom. The van der Waals surface area contributed by atoms with Crippen molar-refractivity contribution in [2.45, 2.75) is 75.5 Å². The Labute approximate surface area is 137 Å². The Hall–Kier alpha value is -0.620. The van der Waals surface area contributed by atoms with E-state index in [2.05, 4.69) is 29.9 Å². The molecular weight excluding hydrogens is 289 g/mol. The molecule has 1 aromatic rings. The van der Waals surface area contributed by atoms with Gasteiger partial charge in [-0.25, -0.2) is 0 Å². The Kier molecular flexibility index (Phi) is 5.74. The molecule has 0 N–H and O–H groups in total. The van der Waals surface area contributed by atoms with Gasteiger partial charge in [0, 0.05) is 14.0 Å². The van der Waals surface area contributed by atoms with Gasteiger partial charge in [0.05, 0.1) is 7.11 Å². The van der Waals surface area contributed by atoms with Crippen molar-refractivity contribution in [2.24, 2.45) is 7.05 Å².